The van der Waals surface area contributed by atoms with Crippen LogP contribution in [-0.2, 0) is 22.4 Å². The van der Waals surface area contributed by atoms with E-state index in [4.69, 9.17) is 0 Å². The van der Waals surface area contributed by atoms with Crippen molar-refractivity contribution in [3.8, 4) is 0 Å². The number of nitrogens with one attached hydrogen (secondary N) is 2. The lowest BCUT2D eigenvalue weighted by Gasteiger charge is -2.14. The number of carbonyl (C=O) groups is 2. The van der Waals surface area contributed by atoms with Crippen molar-refractivity contribution in [3.63, 3.8) is 0 Å². The third-order valence-corrected chi connectivity index (χ3v) is 4.25. The van der Waals surface area contributed by atoms with Crippen molar-refractivity contribution >= 4 is 23.2 Å². The summed E-state index contributed by atoms with van der Waals surface area (Å²) in [6.45, 7) is 8.01. The van der Waals surface area contributed by atoms with E-state index in [1.54, 1.807) is 0 Å². The first-order chi connectivity index (χ1) is 11.9. The topological polar surface area (TPSA) is 58.2 Å². The maximum Gasteiger partial charge on any atom is 0.233 e. The number of amides is 2. The molecule has 2 amide bonds. The molecule has 0 aliphatic rings. The van der Waals surface area contributed by atoms with Crippen LogP contribution >= 0.6 is 0 Å². The van der Waals surface area contributed by atoms with Crippen LogP contribution in [0.3, 0.4) is 0 Å². The second-order valence-corrected chi connectivity index (χ2v) is 6.25. The molecule has 0 unspecified atom stereocenters. The number of rotatable bonds is 6. The summed E-state index contributed by atoms with van der Waals surface area (Å²) in [5.74, 6) is -0.600. The van der Waals surface area contributed by atoms with Gasteiger partial charge in [0.25, 0.3) is 0 Å². The lowest BCUT2D eigenvalue weighted by atomic mass is 10.0. The van der Waals surface area contributed by atoms with Crippen molar-refractivity contribution in [2.75, 3.05) is 10.6 Å². The second kappa shape index (κ2) is 8.47. The normalized spacial score (nSPS) is 10.4. The largest absolute Gasteiger partial charge is 0.325 e. The number of aryl methyl sites for hydroxylation is 4. The van der Waals surface area contributed by atoms with Crippen molar-refractivity contribution in [3.05, 3.63) is 58.7 Å². The number of benzene rings is 2. The van der Waals surface area contributed by atoms with Crippen LogP contribution in [-0.4, -0.2) is 11.8 Å². The summed E-state index contributed by atoms with van der Waals surface area (Å²) in [6.07, 6.45) is 1.46. The first kappa shape index (κ1) is 18.7. The van der Waals surface area contributed by atoms with E-state index in [0.717, 1.165) is 46.5 Å². The molecule has 4 nitrogen and oxygen atoms in total. The van der Waals surface area contributed by atoms with Gasteiger partial charge in [0.1, 0.15) is 6.42 Å². The van der Waals surface area contributed by atoms with Crippen molar-refractivity contribution < 1.29 is 9.59 Å². The SMILES string of the molecule is CCc1cccc(CC)c1NC(=O)CC(=O)Nc1cc(C)ccc1C. The Morgan fingerprint density at radius 1 is 0.880 bits per heavy atom. The van der Waals surface area contributed by atoms with Crippen LogP contribution in [0.1, 0.15) is 42.5 Å². The quantitative estimate of drug-likeness (QED) is 0.767. The molecular formula is C21H26N2O2. The Kier molecular flexibility index (Phi) is 6.34. The molecule has 0 bridgehead atoms. The lowest BCUT2D eigenvalue weighted by molar-refractivity contribution is -0.123. The number of para-hydroxylation sites is 1. The van der Waals surface area contributed by atoms with Crippen LogP contribution < -0.4 is 10.6 Å². The highest BCUT2D eigenvalue weighted by atomic mass is 16.2. The third kappa shape index (κ3) is 4.92. The highest BCUT2D eigenvalue weighted by Crippen LogP contribution is 2.23. The predicted octanol–water partition coefficient (Wildman–Crippen LogP) is 4.40. The zero-order valence-corrected chi connectivity index (χ0v) is 15.4. The number of hydrogen-bond donors (Lipinski definition) is 2. The minimum absolute atomic E-state index is 0.200. The van der Waals surface area contributed by atoms with E-state index in [-0.39, 0.29) is 18.2 Å². The fourth-order valence-electron chi connectivity index (χ4n) is 2.80. The number of hydrogen-bond acceptors (Lipinski definition) is 2. The van der Waals surface area contributed by atoms with Gasteiger partial charge in [0.15, 0.2) is 0 Å². The Bertz CT molecular complexity index is 759. The molecule has 25 heavy (non-hydrogen) atoms. The zero-order valence-electron chi connectivity index (χ0n) is 15.4. The second-order valence-electron chi connectivity index (χ2n) is 6.25. The summed E-state index contributed by atoms with van der Waals surface area (Å²) in [5, 5.41) is 5.75. The zero-order chi connectivity index (χ0) is 18.4. The molecule has 0 atom stereocenters. The molecule has 4 heteroatoms. The molecular weight excluding hydrogens is 312 g/mol. The maximum absolute atomic E-state index is 12.3. The maximum atomic E-state index is 12.3. The lowest BCUT2D eigenvalue weighted by Crippen LogP contribution is -2.22. The van der Waals surface area contributed by atoms with Crippen LogP contribution in [0, 0.1) is 13.8 Å². The monoisotopic (exact) mass is 338 g/mol. The molecule has 0 fully saturated rings. The fraction of sp³-hybridized carbons (Fsp3) is 0.333. The summed E-state index contributed by atoms with van der Waals surface area (Å²) in [7, 11) is 0. The molecule has 0 saturated heterocycles. The molecule has 0 saturated carbocycles. The van der Waals surface area contributed by atoms with Gasteiger partial charge in [-0.3, -0.25) is 9.59 Å². The van der Waals surface area contributed by atoms with Crippen LogP contribution in [0.4, 0.5) is 11.4 Å². The molecule has 0 aliphatic heterocycles. The van der Waals surface area contributed by atoms with Gasteiger partial charge in [-0.15, -0.1) is 0 Å². The molecule has 2 aromatic carbocycles. The van der Waals surface area contributed by atoms with Crippen molar-refractivity contribution in [2.24, 2.45) is 0 Å². The van der Waals surface area contributed by atoms with E-state index in [0.29, 0.717) is 0 Å². The van der Waals surface area contributed by atoms with Gasteiger partial charge in [-0.2, -0.15) is 0 Å². The van der Waals surface area contributed by atoms with Crippen molar-refractivity contribution in [2.45, 2.75) is 47.0 Å². The fourth-order valence-corrected chi connectivity index (χ4v) is 2.80. The van der Waals surface area contributed by atoms with Crippen LogP contribution in [0.5, 0.6) is 0 Å². The molecule has 132 valence electrons. The molecule has 0 heterocycles. The standard InChI is InChI=1S/C21H26N2O2/c1-5-16-8-7-9-17(6-2)21(16)23-20(25)13-19(24)22-18-12-14(3)10-11-15(18)4/h7-12H,5-6,13H2,1-4H3,(H,22,24)(H,23,25). The van der Waals surface area contributed by atoms with Gasteiger partial charge in [0, 0.05) is 11.4 Å². The Balaban J connectivity index is 2.05. The summed E-state index contributed by atoms with van der Waals surface area (Å²) >= 11 is 0. The van der Waals surface area contributed by atoms with Gasteiger partial charge in [0.05, 0.1) is 0 Å². The highest BCUT2D eigenvalue weighted by molar-refractivity contribution is 6.08. The van der Waals surface area contributed by atoms with E-state index in [2.05, 4.69) is 24.5 Å². The van der Waals surface area contributed by atoms with E-state index in [1.807, 2.05) is 50.2 Å². The molecule has 0 spiro atoms. The Morgan fingerprint density at radius 2 is 1.48 bits per heavy atom. The van der Waals surface area contributed by atoms with Gasteiger partial charge >= 0.3 is 0 Å². The summed E-state index contributed by atoms with van der Waals surface area (Å²) < 4.78 is 0. The van der Waals surface area contributed by atoms with Crippen molar-refractivity contribution in [1.29, 1.82) is 0 Å². The van der Waals surface area contributed by atoms with Crippen molar-refractivity contribution in [1.82, 2.24) is 0 Å². The Labute approximate surface area is 149 Å². The number of carbonyl (C=O) groups excluding carboxylic acids is 2. The van der Waals surface area contributed by atoms with Gasteiger partial charge in [-0.05, 0) is 55.0 Å². The average Bonchev–Trinajstić information content (AvgIpc) is 2.58. The Hall–Kier alpha value is -2.62. The molecule has 2 aromatic rings. The molecule has 2 rings (SSSR count). The van der Waals surface area contributed by atoms with Crippen LogP contribution in [0.2, 0.25) is 0 Å². The van der Waals surface area contributed by atoms with E-state index in [1.165, 1.54) is 0 Å². The van der Waals surface area contributed by atoms with Gasteiger partial charge < -0.3 is 10.6 Å². The summed E-state index contributed by atoms with van der Waals surface area (Å²) in [6, 6.07) is 11.9. The summed E-state index contributed by atoms with van der Waals surface area (Å²) in [5.41, 5.74) is 5.81. The number of anilines is 2. The molecule has 2 N–H and O–H groups in total. The summed E-state index contributed by atoms with van der Waals surface area (Å²) in [4.78, 5) is 24.5. The van der Waals surface area contributed by atoms with E-state index >= 15 is 0 Å². The average molecular weight is 338 g/mol. The molecule has 0 aliphatic carbocycles. The minimum atomic E-state index is -0.307. The van der Waals surface area contributed by atoms with Gasteiger partial charge in [-0.1, -0.05) is 44.2 Å². The van der Waals surface area contributed by atoms with Crippen LogP contribution in [0.15, 0.2) is 36.4 Å². The Morgan fingerprint density at radius 3 is 2.08 bits per heavy atom. The first-order valence-corrected chi connectivity index (χ1v) is 8.72. The minimum Gasteiger partial charge on any atom is -0.325 e. The van der Waals surface area contributed by atoms with Gasteiger partial charge in [-0.25, -0.2) is 0 Å². The van der Waals surface area contributed by atoms with E-state index < -0.39 is 0 Å². The smallest absolute Gasteiger partial charge is 0.233 e. The molecule has 0 aromatic heterocycles. The first-order valence-electron chi connectivity index (χ1n) is 8.72. The highest BCUT2D eigenvalue weighted by Gasteiger charge is 2.14. The third-order valence-electron chi connectivity index (χ3n) is 4.25. The predicted molar refractivity (Wildman–Crippen MR) is 103 cm³/mol. The van der Waals surface area contributed by atoms with E-state index in [9.17, 15) is 9.59 Å². The van der Waals surface area contributed by atoms with Gasteiger partial charge in [0.2, 0.25) is 11.8 Å². The molecule has 0 radical (unpaired) electrons. The van der Waals surface area contributed by atoms with Crippen LogP contribution in [0.25, 0.3) is 0 Å².